The first-order valence-electron chi connectivity index (χ1n) is 9.54. The van der Waals surface area contributed by atoms with Gasteiger partial charge in [-0.2, -0.15) is 0 Å². The molecule has 3 unspecified atom stereocenters. The van der Waals surface area contributed by atoms with Gasteiger partial charge in [-0.3, -0.25) is 5.32 Å². The Bertz CT molecular complexity index is 667. The number of benzene rings is 1. The van der Waals surface area contributed by atoms with Gasteiger partial charge in [0.1, 0.15) is 0 Å². The fourth-order valence-corrected chi connectivity index (χ4v) is 3.68. The smallest absolute Gasteiger partial charge is 0.172 e. The highest BCUT2D eigenvalue weighted by molar-refractivity contribution is 5.32. The van der Waals surface area contributed by atoms with E-state index in [1.54, 1.807) is 0 Å². The van der Waals surface area contributed by atoms with Crippen molar-refractivity contribution in [1.82, 2.24) is 25.5 Å². The van der Waals surface area contributed by atoms with E-state index in [4.69, 9.17) is 5.73 Å². The average Bonchev–Trinajstić information content (AvgIpc) is 3.08. The molecular formula is C19H30N6. The Morgan fingerprint density at radius 1 is 1.28 bits per heavy atom. The van der Waals surface area contributed by atoms with Gasteiger partial charge in [0.05, 0.1) is 6.04 Å². The fourth-order valence-electron chi connectivity index (χ4n) is 3.68. The molecule has 25 heavy (non-hydrogen) atoms. The third kappa shape index (κ3) is 4.25. The van der Waals surface area contributed by atoms with Crippen molar-refractivity contribution in [1.29, 1.82) is 0 Å². The summed E-state index contributed by atoms with van der Waals surface area (Å²) in [5.74, 6) is 0.889. The number of aromatic nitrogens is 4. The molecule has 3 rings (SSSR count). The largest absolute Gasteiger partial charge is 0.326 e. The maximum absolute atomic E-state index is 6.39. The molecule has 1 fully saturated rings. The van der Waals surface area contributed by atoms with Crippen LogP contribution in [0.25, 0.3) is 0 Å². The van der Waals surface area contributed by atoms with Crippen LogP contribution in [0.3, 0.4) is 0 Å². The lowest BCUT2D eigenvalue weighted by Gasteiger charge is -2.33. The van der Waals surface area contributed by atoms with E-state index in [0.29, 0.717) is 6.04 Å². The first-order valence-corrected chi connectivity index (χ1v) is 9.54. The van der Waals surface area contributed by atoms with Crippen LogP contribution >= 0.6 is 0 Å². The Morgan fingerprint density at radius 2 is 2.08 bits per heavy atom. The molecule has 1 aromatic heterocycles. The molecule has 0 aliphatic heterocycles. The second-order valence-corrected chi connectivity index (χ2v) is 7.12. The lowest BCUT2D eigenvalue weighted by atomic mass is 9.89. The molecule has 1 aliphatic carbocycles. The Balaban J connectivity index is 1.92. The number of nitrogens with zero attached hydrogens (tertiary/aromatic N) is 4. The minimum atomic E-state index is -0.0257. The predicted molar refractivity (Wildman–Crippen MR) is 99.1 cm³/mol. The normalized spacial score (nSPS) is 22.0. The van der Waals surface area contributed by atoms with Crippen molar-refractivity contribution in [2.24, 2.45) is 5.73 Å². The topological polar surface area (TPSA) is 81.7 Å². The predicted octanol–water partition coefficient (Wildman–Crippen LogP) is 2.73. The molecule has 6 nitrogen and oxygen atoms in total. The minimum absolute atomic E-state index is 0.0257. The molecule has 0 radical (unpaired) electrons. The molecule has 0 spiro atoms. The Hall–Kier alpha value is -1.79. The van der Waals surface area contributed by atoms with Crippen molar-refractivity contribution >= 4 is 0 Å². The number of hydrogen-bond donors (Lipinski definition) is 2. The van der Waals surface area contributed by atoms with E-state index in [-0.39, 0.29) is 12.1 Å². The second kappa shape index (κ2) is 8.54. The summed E-state index contributed by atoms with van der Waals surface area (Å²) in [7, 11) is 0. The zero-order chi connectivity index (χ0) is 17.6. The zero-order valence-electron chi connectivity index (χ0n) is 15.4. The lowest BCUT2D eigenvalue weighted by molar-refractivity contribution is 0.305. The molecule has 1 heterocycles. The van der Waals surface area contributed by atoms with Crippen molar-refractivity contribution < 1.29 is 0 Å². The highest BCUT2D eigenvalue weighted by atomic mass is 15.5. The molecule has 136 valence electrons. The van der Waals surface area contributed by atoms with Gasteiger partial charge in [0.15, 0.2) is 5.82 Å². The van der Waals surface area contributed by atoms with Crippen LogP contribution in [-0.4, -0.2) is 32.3 Å². The lowest BCUT2D eigenvalue weighted by Crippen LogP contribution is -2.49. The van der Waals surface area contributed by atoms with Crippen molar-refractivity contribution in [3.8, 4) is 0 Å². The number of rotatable bonds is 7. The van der Waals surface area contributed by atoms with Gasteiger partial charge < -0.3 is 5.73 Å². The van der Waals surface area contributed by atoms with Crippen LogP contribution in [0, 0.1) is 6.92 Å². The van der Waals surface area contributed by atoms with Gasteiger partial charge in [-0.25, -0.2) is 4.68 Å². The minimum Gasteiger partial charge on any atom is -0.326 e. The second-order valence-electron chi connectivity index (χ2n) is 7.12. The summed E-state index contributed by atoms with van der Waals surface area (Å²) in [5, 5.41) is 16.4. The molecule has 0 saturated heterocycles. The summed E-state index contributed by atoms with van der Waals surface area (Å²) in [4.78, 5) is 0. The Kier molecular flexibility index (Phi) is 6.15. The number of hydrogen-bond acceptors (Lipinski definition) is 5. The Morgan fingerprint density at radius 3 is 2.84 bits per heavy atom. The van der Waals surface area contributed by atoms with Gasteiger partial charge in [-0.1, -0.05) is 50.5 Å². The van der Waals surface area contributed by atoms with Crippen molar-refractivity contribution in [2.75, 3.05) is 0 Å². The molecule has 2 aromatic rings. The molecule has 3 atom stereocenters. The number of nitrogens with one attached hydrogen (secondary N) is 1. The molecule has 1 aliphatic rings. The first kappa shape index (κ1) is 18.0. The van der Waals surface area contributed by atoms with E-state index >= 15 is 0 Å². The highest BCUT2D eigenvalue weighted by Gasteiger charge is 2.29. The summed E-state index contributed by atoms with van der Waals surface area (Å²) < 4.78 is 1.95. The van der Waals surface area contributed by atoms with E-state index < -0.39 is 0 Å². The molecule has 6 heteroatoms. The molecular weight excluding hydrogens is 312 g/mol. The van der Waals surface area contributed by atoms with Crippen molar-refractivity contribution in [3.05, 3.63) is 41.2 Å². The van der Waals surface area contributed by atoms with Crippen LogP contribution in [0.4, 0.5) is 0 Å². The van der Waals surface area contributed by atoms with E-state index in [9.17, 15) is 0 Å². The maximum atomic E-state index is 6.39. The standard InChI is InChI=1S/C19H30N6/c1-3-4-13-25-19(22-23-24-25)18(15-10-6-5-9-14(15)2)21-17-12-8-7-11-16(17)20/h5-6,9-10,16-18,21H,3-4,7-8,11-13,20H2,1-2H3. The van der Waals surface area contributed by atoms with Gasteiger partial charge in [-0.15, -0.1) is 5.10 Å². The van der Waals surface area contributed by atoms with E-state index in [0.717, 1.165) is 38.1 Å². The Labute approximate surface area is 150 Å². The zero-order valence-corrected chi connectivity index (χ0v) is 15.4. The SMILES string of the molecule is CCCCn1nnnc1C(NC1CCCCC1N)c1ccccc1C. The highest BCUT2D eigenvalue weighted by Crippen LogP contribution is 2.27. The molecule has 1 saturated carbocycles. The summed E-state index contributed by atoms with van der Waals surface area (Å²) in [6.07, 6.45) is 6.84. The molecule has 0 bridgehead atoms. The first-order chi connectivity index (χ1) is 12.2. The molecule has 0 amide bonds. The van der Waals surface area contributed by atoms with Gasteiger partial charge in [0, 0.05) is 18.6 Å². The fraction of sp³-hybridized carbons (Fsp3) is 0.632. The third-order valence-electron chi connectivity index (χ3n) is 5.24. The van der Waals surface area contributed by atoms with Crippen LogP contribution in [0.1, 0.15) is 68.4 Å². The van der Waals surface area contributed by atoms with Crippen molar-refractivity contribution in [3.63, 3.8) is 0 Å². The number of tetrazole rings is 1. The monoisotopic (exact) mass is 342 g/mol. The summed E-state index contributed by atoms with van der Waals surface area (Å²) in [6.45, 7) is 5.17. The van der Waals surface area contributed by atoms with Crippen LogP contribution < -0.4 is 11.1 Å². The average molecular weight is 342 g/mol. The maximum Gasteiger partial charge on any atom is 0.172 e. The quantitative estimate of drug-likeness (QED) is 0.808. The van der Waals surface area contributed by atoms with Crippen LogP contribution in [0.15, 0.2) is 24.3 Å². The molecule has 3 N–H and O–H groups in total. The van der Waals surface area contributed by atoms with Gasteiger partial charge in [0.25, 0.3) is 0 Å². The van der Waals surface area contributed by atoms with Gasteiger partial charge in [0.2, 0.25) is 0 Å². The number of aryl methyl sites for hydroxylation is 2. The third-order valence-corrected chi connectivity index (χ3v) is 5.24. The van der Waals surface area contributed by atoms with Gasteiger partial charge >= 0.3 is 0 Å². The van der Waals surface area contributed by atoms with E-state index in [1.807, 2.05) is 4.68 Å². The molecule has 1 aromatic carbocycles. The van der Waals surface area contributed by atoms with Gasteiger partial charge in [-0.05, 0) is 47.7 Å². The van der Waals surface area contributed by atoms with Crippen molar-refractivity contribution in [2.45, 2.75) is 77.0 Å². The van der Waals surface area contributed by atoms with Crippen LogP contribution in [0.5, 0.6) is 0 Å². The number of unbranched alkanes of at least 4 members (excludes halogenated alkanes) is 1. The van der Waals surface area contributed by atoms with Crippen LogP contribution in [0.2, 0.25) is 0 Å². The number of nitrogens with two attached hydrogens (primary N) is 1. The summed E-state index contributed by atoms with van der Waals surface area (Å²) >= 11 is 0. The van der Waals surface area contributed by atoms with E-state index in [1.165, 1.54) is 24.0 Å². The summed E-state index contributed by atoms with van der Waals surface area (Å²) in [5.41, 5.74) is 8.87. The summed E-state index contributed by atoms with van der Waals surface area (Å²) in [6, 6.07) is 8.93. The van der Waals surface area contributed by atoms with E-state index in [2.05, 4.69) is 59.0 Å². The van der Waals surface area contributed by atoms with Crippen LogP contribution in [-0.2, 0) is 6.54 Å².